The second-order valence-electron chi connectivity index (χ2n) is 9.14. The molecule has 1 atom stereocenters. The number of carbonyl (C=O) groups excluding carboxylic acids is 1. The summed E-state index contributed by atoms with van der Waals surface area (Å²) in [6, 6.07) is 0. The molecule has 0 N–H and O–H groups in total. The lowest BCUT2D eigenvalue weighted by Crippen LogP contribution is -2.38. The molecule has 0 aromatic carbocycles. The van der Waals surface area contributed by atoms with E-state index >= 15 is 0 Å². The van der Waals surface area contributed by atoms with Gasteiger partial charge in [-0.25, -0.2) is 0 Å². The first kappa shape index (κ1) is 20.7. The molecule has 0 heterocycles. The summed E-state index contributed by atoms with van der Waals surface area (Å²) in [4.78, 5) is 11.8. The van der Waals surface area contributed by atoms with Crippen molar-refractivity contribution in [2.75, 3.05) is 0 Å². The summed E-state index contributed by atoms with van der Waals surface area (Å²) in [7, 11) is 0. The van der Waals surface area contributed by atoms with E-state index in [1.54, 1.807) is 0 Å². The Morgan fingerprint density at radius 2 is 1.48 bits per heavy atom. The van der Waals surface area contributed by atoms with Crippen LogP contribution in [0.15, 0.2) is 12.2 Å². The fourth-order valence-electron chi connectivity index (χ4n) is 2.47. The third-order valence-electron chi connectivity index (χ3n) is 5.10. The largest absolute Gasteiger partial charge is 0.281 e. The van der Waals surface area contributed by atoms with E-state index < -0.39 is 5.41 Å². The molecule has 0 radical (unpaired) electrons. The topological polar surface area (TPSA) is 17.1 Å². The molecular formula is C19H35ClO. The number of halogens is 1. The van der Waals surface area contributed by atoms with Crippen molar-refractivity contribution in [3.05, 3.63) is 12.2 Å². The van der Waals surface area contributed by atoms with Gasteiger partial charge in [0.15, 0.2) is 0 Å². The van der Waals surface area contributed by atoms with Gasteiger partial charge < -0.3 is 0 Å². The summed E-state index contributed by atoms with van der Waals surface area (Å²) < 4.78 is 0. The third kappa shape index (κ3) is 6.14. The van der Waals surface area contributed by atoms with E-state index in [0.29, 0.717) is 5.41 Å². The minimum Gasteiger partial charge on any atom is -0.281 e. The van der Waals surface area contributed by atoms with Gasteiger partial charge in [-0.2, -0.15) is 0 Å². The Labute approximate surface area is 137 Å². The molecule has 124 valence electrons. The van der Waals surface area contributed by atoms with Crippen molar-refractivity contribution in [3.8, 4) is 0 Å². The summed E-state index contributed by atoms with van der Waals surface area (Å²) in [5.74, 6) is 0. The molecule has 0 aromatic heterocycles. The summed E-state index contributed by atoms with van der Waals surface area (Å²) in [5, 5.41) is -0.215. The van der Waals surface area contributed by atoms with Crippen molar-refractivity contribution in [2.24, 2.45) is 21.7 Å². The van der Waals surface area contributed by atoms with Gasteiger partial charge in [0.1, 0.15) is 0 Å². The van der Waals surface area contributed by atoms with Crippen LogP contribution in [0.5, 0.6) is 0 Å². The van der Waals surface area contributed by atoms with Crippen molar-refractivity contribution in [1.82, 2.24) is 0 Å². The van der Waals surface area contributed by atoms with Gasteiger partial charge >= 0.3 is 0 Å². The van der Waals surface area contributed by atoms with Gasteiger partial charge in [-0.3, -0.25) is 4.79 Å². The molecule has 1 unspecified atom stereocenters. The Balaban J connectivity index is 5.15. The quantitative estimate of drug-likeness (QED) is 0.382. The van der Waals surface area contributed by atoms with E-state index in [-0.39, 0.29) is 16.1 Å². The van der Waals surface area contributed by atoms with Gasteiger partial charge in [0.2, 0.25) is 5.24 Å². The van der Waals surface area contributed by atoms with Gasteiger partial charge in [-0.15, -0.1) is 0 Å². The number of hydrogen-bond donors (Lipinski definition) is 0. The molecule has 0 bridgehead atoms. The van der Waals surface area contributed by atoms with Crippen LogP contribution < -0.4 is 0 Å². The second kappa shape index (κ2) is 6.86. The molecule has 0 saturated carbocycles. The Morgan fingerprint density at radius 1 is 1.00 bits per heavy atom. The van der Waals surface area contributed by atoms with Crippen LogP contribution in [-0.4, -0.2) is 5.24 Å². The van der Waals surface area contributed by atoms with Gasteiger partial charge in [0, 0.05) is 5.41 Å². The fourth-order valence-corrected chi connectivity index (χ4v) is 2.67. The molecule has 2 heteroatoms. The highest BCUT2D eigenvalue weighted by Gasteiger charge is 2.43. The molecule has 0 spiro atoms. The van der Waals surface area contributed by atoms with E-state index in [2.05, 4.69) is 60.6 Å². The predicted molar refractivity (Wildman–Crippen MR) is 94.6 cm³/mol. The zero-order valence-corrected chi connectivity index (χ0v) is 16.3. The first-order chi connectivity index (χ1) is 9.17. The van der Waals surface area contributed by atoms with E-state index in [1.807, 2.05) is 13.8 Å². The lowest BCUT2D eigenvalue weighted by Gasteiger charge is -2.44. The normalized spacial score (nSPS) is 17.0. The van der Waals surface area contributed by atoms with Gasteiger partial charge in [0.25, 0.3) is 0 Å². The van der Waals surface area contributed by atoms with Crippen LogP contribution >= 0.6 is 11.6 Å². The lowest BCUT2D eigenvalue weighted by atomic mass is 9.60. The van der Waals surface area contributed by atoms with Crippen molar-refractivity contribution >= 4 is 16.8 Å². The minimum absolute atomic E-state index is 0.00328. The average molecular weight is 315 g/mol. The highest BCUT2D eigenvalue weighted by molar-refractivity contribution is 6.64. The minimum atomic E-state index is -0.444. The zero-order valence-electron chi connectivity index (χ0n) is 15.6. The molecule has 0 saturated heterocycles. The summed E-state index contributed by atoms with van der Waals surface area (Å²) >= 11 is 5.85. The Hall–Kier alpha value is -0.300. The maximum Gasteiger partial charge on any atom is 0.227 e. The van der Waals surface area contributed by atoms with E-state index in [1.165, 1.54) is 0 Å². The predicted octanol–water partition coefficient (Wildman–Crippen LogP) is 6.60. The van der Waals surface area contributed by atoms with Crippen LogP contribution in [0.1, 0.15) is 81.6 Å². The van der Waals surface area contributed by atoms with Crippen LogP contribution in [0.2, 0.25) is 0 Å². The smallest absolute Gasteiger partial charge is 0.227 e. The molecule has 0 aromatic rings. The standard InChI is InChI=1S/C19H35ClO/c1-10-19(9,15(20)21)14-18(7,8)17(5,6)13-11-12-16(2,3)4/h11,13H,10,12,14H2,1-9H3. The average Bonchev–Trinajstić information content (AvgIpc) is 2.25. The number of hydrogen-bond acceptors (Lipinski definition) is 1. The van der Waals surface area contributed by atoms with Gasteiger partial charge in [-0.05, 0) is 47.1 Å². The maximum absolute atomic E-state index is 11.8. The SMILES string of the molecule is CCC(C)(CC(C)(C)C(C)(C)C=CCC(C)(C)C)C(=O)Cl. The Bertz CT molecular complexity index is 385. The molecule has 21 heavy (non-hydrogen) atoms. The summed E-state index contributed by atoms with van der Waals surface area (Å²) in [6.07, 6.45) is 7.23. The molecule has 0 fully saturated rings. The Kier molecular flexibility index (Phi) is 6.76. The van der Waals surface area contributed by atoms with Crippen LogP contribution in [0, 0.1) is 21.7 Å². The van der Waals surface area contributed by atoms with Crippen molar-refractivity contribution in [2.45, 2.75) is 81.6 Å². The van der Waals surface area contributed by atoms with Gasteiger partial charge in [-0.1, -0.05) is 74.5 Å². The number of allylic oxidation sites excluding steroid dienone is 2. The van der Waals surface area contributed by atoms with Crippen molar-refractivity contribution < 1.29 is 4.79 Å². The van der Waals surface area contributed by atoms with Crippen LogP contribution in [0.4, 0.5) is 0 Å². The highest BCUT2D eigenvalue weighted by atomic mass is 35.5. The van der Waals surface area contributed by atoms with Gasteiger partial charge in [0.05, 0.1) is 0 Å². The molecule has 0 amide bonds. The fraction of sp³-hybridized carbons (Fsp3) is 0.842. The molecule has 0 aliphatic heterocycles. The molecule has 1 nitrogen and oxygen atoms in total. The first-order valence-electron chi connectivity index (χ1n) is 8.04. The highest BCUT2D eigenvalue weighted by Crippen LogP contribution is 2.49. The number of carbonyl (C=O) groups is 1. The second-order valence-corrected chi connectivity index (χ2v) is 9.48. The molecular weight excluding hydrogens is 280 g/mol. The van der Waals surface area contributed by atoms with E-state index in [0.717, 1.165) is 19.3 Å². The van der Waals surface area contributed by atoms with Crippen LogP contribution in [-0.2, 0) is 4.79 Å². The van der Waals surface area contributed by atoms with Crippen LogP contribution in [0.25, 0.3) is 0 Å². The zero-order chi connectivity index (χ0) is 17.1. The van der Waals surface area contributed by atoms with Crippen molar-refractivity contribution in [3.63, 3.8) is 0 Å². The summed E-state index contributed by atoms with van der Waals surface area (Å²) in [6.45, 7) is 19.7. The molecule has 0 aliphatic rings. The molecule has 0 rings (SSSR count). The molecule has 0 aliphatic carbocycles. The first-order valence-corrected chi connectivity index (χ1v) is 8.42. The summed E-state index contributed by atoms with van der Waals surface area (Å²) in [5.41, 5.74) is -0.126. The monoisotopic (exact) mass is 314 g/mol. The third-order valence-corrected chi connectivity index (χ3v) is 5.55. The lowest BCUT2D eigenvalue weighted by molar-refractivity contribution is -0.122. The van der Waals surface area contributed by atoms with Crippen LogP contribution in [0.3, 0.4) is 0 Å². The van der Waals surface area contributed by atoms with E-state index in [9.17, 15) is 4.79 Å². The maximum atomic E-state index is 11.8. The van der Waals surface area contributed by atoms with E-state index in [4.69, 9.17) is 11.6 Å². The Morgan fingerprint density at radius 3 is 1.81 bits per heavy atom. The van der Waals surface area contributed by atoms with Crippen molar-refractivity contribution in [1.29, 1.82) is 0 Å². The number of rotatable bonds is 7.